The van der Waals surface area contributed by atoms with Crippen molar-refractivity contribution in [1.29, 1.82) is 0 Å². The SMILES string of the molecule is COCCN(Cc1cccs1)C(=O)c1cc(C)nc(Cl)c1. The van der Waals surface area contributed by atoms with E-state index in [1.165, 1.54) is 0 Å². The number of aryl methyl sites for hydroxylation is 1. The Morgan fingerprint density at radius 2 is 2.29 bits per heavy atom. The fraction of sp³-hybridized carbons (Fsp3) is 0.333. The average molecular weight is 325 g/mol. The first-order valence-corrected chi connectivity index (χ1v) is 7.80. The van der Waals surface area contributed by atoms with Crippen molar-refractivity contribution in [2.24, 2.45) is 0 Å². The number of hydrogen-bond donors (Lipinski definition) is 0. The smallest absolute Gasteiger partial charge is 0.254 e. The number of nitrogens with zero attached hydrogens (tertiary/aromatic N) is 2. The Bertz CT molecular complexity index is 581. The third kappa shape index (κ3) is 4.52. The summed E-state index contributed by atoms with van der Waals surface area (Å²) in [6.45, 7) is 3.42. The molecule has 0 radical (unpaired) electrons. The van der Waals surface area contributed by atoms with Crippen LogP contribution in [-0.2, 0) is 11.3 Å². The highest BCUT2D eigenvalue weighted by Crippen LogP contribution is 2.17. The molecule has 0 spiro atoms. The third-order valence-corrected chi connectivity index (χ3v) is 4.00. The number of halogens is 1. The van der Waals surface area contributed by atoms with Crippen LogP contribution in [0.15, 0.2) is 29.6 Å². The number of amides is 1. The van der Waals surface area contributed by atoms with E-state index in [1.54, 1.807) is 35.5 Å². The van der Waals surface area contributed by atoms with Gasteiger partial charge in [-0.15, -0.1) is 11.3 Å². The van der Waals surface area contributed by atoms with Gasteiger partial charge in [-0.25, -0.2) is 4.98 Å². The van der Waals surface area contributed by atoms with Crippen LogP contribution >= 0.6 is 22.9 Å². The minimum atomic E-state index is -0.0622. The standard InChI is InChI=1S/C15H17ClN2O2S/c1-11-8-12(9-14(16)17-11)15(19)18(5-6-20-2)10-13-4-3-7-21-13/h3-4,7-9H,5-6,10H2,1-2H3. The highest BCUT2D eigenvalue weighted by molar-refractivity contribution is 7.09. The van der Waals surface area contributed by atoms with Gasteiger partial charge in [0.05, 0.1) is 13.2 Å². The summed E-state index contributed by atoms with van der Waals surface area (Å²) in [6, 6.07) is 7.35. The van der Waals surface area contributed by atoms with Crippen LogP contribution in [0.2, 0.25) is 5.15 Å². The predicted molar refractivity (Wildman–Crippen MR) is 84.9 cm³/mol. The number of carbonyl (C=O) groups excluding carboxylic acids is 1. The fourth-order valence-corrected chi connectivity index (χ4v) is 2.95. The molecule has 21 heavy (non-hydrogen) atoms. The van der Waals surface area contributed by atoms with E-state index in [4.69, 9.17) is 16.3 Å². The quantitative estimate of drug-likeness (QED) is 0.765. The summed E-state index contributed by atoms with van der Waals surface area (Å²) in [5.74, 6) is -0.0622. The number of ether oxygens (including phenoxy) is 1. The summed E-state index contributed by atoms with van der Waals surface area (Å²) in [5.41, 5.74) is 1.29. The van der Waals surface area contributed by atoms with E-state index in [2.05, 4.69) is 4.98 Å². The zero-order valence-electron chi connectivity index (χ0n) is 12.0. The summed E-state index contributed by atoms with van der Waals surface area (Å²) in [5, 5.41) is 2.34. The lowest BCUT2D eigenvalue weighted by Crippen LogP contribution is -2.33. The van der Waals surface area contributed by atoms with Crippen molar-refractivity contribution in [3.05, 3.63) is 50.9 Å². The molecule has 2 aromatic heterocycles. The minimum absolute atomic E-state index is 0.0622. The van der Waals surface area contributed by atoms with Gasteiger partial charge in [0.15, 0.2) is 0 Å². The summed E-state index contributed by atoms with van der Waals surface area (Å²) in [6.07, 6.45) is 0. The molecule has 2 aromatic rings. The lowest BCUT2D eigenvalue weighted by atomic mass is 10.2. The molecule has 112 valence electrons. The number of methoxy groups -OCH3 is 1. The van der Waals surface area contributed by atoms with Gasteiger partial charge in [0.25, 0.3) is 5.91 Å². The lowest BCUT2D eigenvalue weighted by Gasteiger charge is -2.22. The zero-order valence-corrected chi connectivity index (χ0v) is 13.6. The molecular formula is C15H17ClN2O2S. The van der Waals surface area contributed by atoms with E-state index < -0.39 is 0 Å². The van der Waals surface area contributed by atoms with Crippen molar-refractivity contribution in [3.63, 3.8) is 0 Å². The first-order chi connectivity index (χ1) is 10.1. The first kappa shape index (κ1) is 15.9. The fourth-order valence-electron chi connectivity index (χ4n) is 1.98. The van der Waals surface area contributed by atoms with Gasteiger partial charge >= 0.3 is 0 Å². The maximum Gasteiger partial charge on any atom is 0.254 e. The van der Waals surface area contributed by atoms with Crippen LogP contribution in [0.4, 0.5) is 0 Å². The first-order valence-electron chi connectivity index (χ1n) is 6.55. The summed E-state index contributed by atoms with van der Waals surface area (Å²) >= 11 is 7.57. The van der Waals surface area contributed by atoms with Crippen molar-refractivity contribution in [2.45, 2.75) is 13.5 Å². The van der Waals surface area contributed by atoms with E-state index in [-0.39, 0.29) is 5.91 Å². The second kappa shape index (κ2) is 7.54. The molecule has 4 nitrogen and oxygen atoms in total. The summed E-state index contributed by atoms with van der Waals surface area (Å²) in [4.78, 5) is 19.7. The predicted octanol–water partition coefficient (Wildman–Crippen LogP) is 3.39. The molecule has 0 atom stereocenters. The minimum Gasteiger partial charge on any atom is -0.383 e. The molecule has 2 rings (SSSR count). The third-order valence-electron chi connectivity index (χ3n) is 2.95. The molecule has 0 saturated heterocycles. The van der Waals surface area contributed by atoms with Crippen LogP contribution in [0.1, 0.15) is 20.9 Å². The monoisotopic (exact) mass is 324 g/mol. The zero-order chi connectivity index (χ0) is 15.2. The van der Waals surface area contributed by atoms with Crippen molar-refractivity contribution in [1.82, 2.24) is 9.88 Å². The molecule has 0 saturated carbocycles. The number of pyridine rings is 1. The van der Waals surface area contributed by atoms with Gasteiger partial charge in [-0.05, 0) is 30.5 Å². The van der Waals surface area contributed by atoms with Crippen LogP contribution in [0, 0.1) is 6.92 Å². The number of carbonyl (C=O) groups is 1. The van der Waals surface area contributed by atoms with Gasteiger partial charge in [-0.3, -0.25) is 4.79 Å². The van der Waals surface area contributed by atoms with Crippen molar-refractivity contribution in [3.8, 4) is 0 Å². The van der Waals surface area contributed by atoms with Crippen LogP contribution in [0.3, 0.4) is 0 Å². The van der Waals surface area contributed by atoms with Gasteiger partial charge in [0.2, 0.25) is 0 Å². The molecule has 2 heterocycles. The molecule has 1 amide bonds. The molecule has 0 bridgehead atoms. The Morgan fingerprint density at radius 3 is 2.90 bits per heavy atom. The second-order valence-electron chi connectivity index (χ2n) is 4.62. The van der Waals surface area contributed by atoms with E-state index in [9.17, 15) is 4.79 Å². The molecule has 0 aliphatic rings. The number of thiophene rings is 1. The van der Waals surface area contributed by atoms with E-state index in [1.807, 2.05) is 24.4 Å². The van der Waals surface area contributed by atoms with E-state index >= 15 is 0 Å². The second-order valence-corrected chi connectivity index (χ2v) is 6.04. The molecule has 0 N–H and O–H groups in total. The van der Waals surface area contributed by atoms with Crippen LogP contribution in [0.25, 0.3) is 0 Å². The average Bonchev–Trinajstić information content (AvgIpc) is 2.94. The Balaban J connectivity index is 2.20. The Morgan fingerprint density at radius 1 is 1.48 bits per heavy atom. The van der Waals surface area contributed by atoms with Gasteiger partial charge in [0.1, 0.15) is 5.15 Å². The Kier molecular flexibility index (Phi) is 5.73. The maximum atomic E-state index is 12.7. The normalized spacial score (nSPS) is 10.6. The lowest BCUT2D eigenvalue weighted by molar-refractivity contribution is 0.0682. The van der Waals surface area contributed by atoms with E-state index in [0.29, 0.717) is 30.4 Å². The number of rotatable bonds is 6. The van der Waals surface area contributed by atoms with Crippen LogP contribution < -0.4 is 0 Å². The number of hydrogen-bond acceptors (Lipinski definition) is 4. The van der Waals surface area contributed by atoms with Crippen LogP contribution in [-0.4, -0.2) is 36.1 Å². The number of aromatic nitrogens is 1. The Labute approximate surface area is 133 Å². The van der Waals surface area contributed by atoms with E-state index in [0.717, 1.165) is 10.6 Å². The highest BCUT2D eigenvalue weighted by Gasteiger charge is 2.17. The van der Waals surface area contributed by atoms with Gasteiger partial charge in [0, 0.05) is 29.8 Å². The van der Waals surface area contributed by atoms with Crippen molar-refractivity contribution >= 4 is 28.8 Å². The van der Waals surface area contributed by atoms with Crippen LogP contribution in [0.5, 0.6) is 0 Å². The largest absolute Gasteiger partial charge is 0.383 e. The maximum absolute atomic E-state index is 12.7. The summed E-state index contributed by atoms with van der Waals surface area (Å²) < 4.78 is 5.10. The topological polar surface area (TPSA) is 42.4 Å². The van der Waals surface area contributed by atoms with Crippen molar-refractivity contribution < 1.29 is 9.53 Å². The highest BCUT2D eigenvalue weighted by atomic mass is 35.5. The molecule has 0 aliphatic heterocycles. The van der Waals surface area contributed by atoms with Gasteiger partial charge in [-0.2, -0.15) is 0 Å². The van der Waals surface area contributed by atoms with Gasteiger partial charge in [-0.1, -0.05) is 17.7 Å². The Hall–Kier alpha value is -1.43. The molecule has 0 fully saturated rings. The van der Waals surface area contributed by atoms with Gasteiger partial charge < -0.3 is 9.64 Å². The molecular weight excluding hydrogens is 308 g/mol. The molecule has 6 heteroatoms. The molecule has 0 aliphatic carbocycles. The van der Waals surface area contributed by atoms with Crippen molar-refractivity contribution in [2.75, 3.05) is 20.3 Å². The molecule has 0 unspecified atom stereocenters. The molecule has 0 aromatic carbocycles. The summed E-state index contributed by atoms with van der Waals surface area (Å²) in [7, 11) is 1.63.